The zero-order valence-electron chi connectivity index (χ0n) is 8.25. The predicted molar refractivity (Wildman–Crippen MR) is 57.6 cm³/mol. The number of rotatable bonds is 3. The van der Waals surface area contributed by atoms with Crippen molar-refractivity contribution in [3.63, 3.8) is 0 Å². The van der Waals surface area contributed by atoms with Gasteiger partial charge in [0.15, 0.2) is 11.5 Å². The van der Waals surface area contributed by atoms with Gasteiger partial charge in [0.25, 0.3) is 9.05 Å². The standard InChI is InChI=1S/C8H7Cl2FO4S/c1-14-7-4(9)3-5(16(10,12)13)8(15-2)6(7)11/h3H,1-2H3. The fourth-order valence-corrected chi connectivity index (χ4v) is 2.45. The Morgan fingerprint density at radius 3 is 2.12 bits per heavy atom. The Balaban J connectivity index is 3.67. The Morgan fingerprint density at radius 1 is 1.25 bits per heavy atom. The molecule has 0 aromatic heterocycles. The number of ether oxygens (including phenoxy) is 2. The van der Waals surface area contributed by atoms with E-state index in [2.05, 4.69) is 9.47 Å². The molecule has 0 radical (unpaired) electrons. The molecule has 0 aliphatic rings. The van der Waals surface area contributed by atoms with Crippen molar-refractivity contribution in [3.05, 3.63) is 16.9 Å². The maximum absolute atomic E-state index is 13.7. The normalized spacial score (nSPS) is 11.3. The minimum atomic E-state index is -4.15. The molecule has 90 valence electrons. The van der Waals surface area contributed by atoms with E-state index in [0.717, 1.165) is 13.2 Å². The molecule has 0 bridgehead atoms. The first kappa shape index (κ1) is 13.3. The number of halogens is 3. The first-order valence-corrected chi connectivity index (χ1v) is 6.56. The van der Waals surface area contributed by atoms with E-state index in [1.165, 1.54) is 7.11 Å². The smallest absolute Gasteiger partial charge is 0.265 e. The van der Waals surface area contributed by atoms with Gasteiger partial charge in [0, 0.05) is 10.7 Å². The summed E-state index contributed by atoms with van der Waals surface area (Å²) in [4.78, 5) is -0.542. The average molecular weight is 289 g/mol. The minimum absolute atomic E-state index is 0.208. The Bertz CT molecular complexity index is 515. The highest BCUT2D eigenvalue weighted by Gasteiger charge is 2.25. The number of hydrogen-bond acceptors (Lipinski definition) is 4. The van der Waals surface area contributed by atoms with Crippen LogP contribution in [0.3, 0.4) is 0 Å². The fraction of sp³-hybridized carbons (Fsp3) is 0.250. The second-order valence-corrected chi connectivity index (χ2v) is 5.62. The summed E-state index contributed by atoms with van der Waals surface area (Å²) in [6.45, 7) is 0. The van der Waals surface area contributed by atoms with Crippen LogP contribution < -0.4 is 9.47 Å². The lowest BCUT2D eigenvalue weighted by Crippen LogP contribution is -2.01. The lowest BCUT2D eigenvalue weighted by atomic mass is 10.3. The fourth-order valence-electron chi connectivity index (χ4n) is 1.12. The minimum Gasteiger partial charge on any atom is -0.492 e. The molecule has 0 unspecified atom stereocenters. The maximum Gasteiger partial charge on any atom is 0.265 e. The molecule has 1 rings (SSSR count). The van der Waals surface area contributed by atoms with Crippen LogP contribution in [-0.2, 0) is 9.05 Å². The van der Waals surface area contributed by atoms with Gasteiger partial charge in [-0.15, -0.1) is 0 Å². The highest BCUT2D eigenvalue weighted by atomic mass is 35.7. The van der Waals surface area contributed by atoms with E-state index >= 15 is 0 Å². The molecule has 0 heterocycles. The largest absolute Gasteiger partial charge is 0.492 e. The molecule has 8 heteroatoms. The SMILES string of the molecule is COc1c(Cl)cc(S(=O)(=O)Cl)c(OC)c1F. The first-order chi connectivity index (χ1) is 7.32. The van der Waals surface area contributed by atoms with Crippen LogP contribution in [0.2, 0.25) is 5.02 Å². The predicted octanol–water partition coefficient (Wildman–Crippen LogP) is 2.42. The molecule has 0 fully saturated rings. The Labute approximate surface area is 101 Å². The lowest BCUT2D eigenvalue weighted by molar-refractivity contribution is 0.343. The monoisotopic (exact) mass is 288 g/mol. The summed E-state index contributed by atoms with van der Waals surface area (Å²) in [5.41, 5.74) is 0. The molecule has 0 saturated heterocycles. The second kappa shape index (κ2) is 4.65. The number of methoxy groups -OCH3 is 2. The third-order valence-electron chi connectivity index (χ3n) is 1.77. The second-order valence-electron chi connectivity index (χ2n) is 2.67. The summed E-state index contributed by atoms with van der Waals surface area (Å²) in [5.74, 6) is -1.85. The van der Waals surface area contributed by atoms with Gasteiger partial charge in [-0.1, -0.05) is 11.6 Å². The quantitative estimate of drug-likeness (QED) is 0.802. The third kappa shape index (κ3) is 2.34. The molecular formula is C8H7Cl2FO4S. The highest BCUT2D eigenvalue weighted by molar-refractivity contribution is 8.13. The highest BCUT2D eigenvalue weighted by Crippen LogP contribution is 2.40. The molecule has 0 saturated carbocycles. The van der Waals surface area contributed by atoms with E-state index < -0.39 is 25.5 Å². The molecule has 16 heavy (non-hydrogen) atoms. The molecule has 0 spiro atoms. The molecule has 0 aliphatic carbocycles. The summed E-state index contributed by atoms with van der Waals surface area (Å²) in [5, 5.41) is -0.208. The van der Waals surface area contributed by atoms with Gasteiger partial charge in [0.2, 0.25) is 5.82 Å². The van der Waals surface area contributed by atoms with Crippen LogP contribution in [0.5, 0.6) is 11.5 Å². The molecule has 0 aliphatic heterocycles. The van der Waals surface area contributed by atoms with E-state index in [0.29, 0.717) is 0 Å². The summed E-state index contributed by atoms with van der Waals surface area (Å²) < 4.78 is 45.2. The van der Waals surface area contributed by atoms with Crippen molar-refractivity contribution >= 4 is 31.3 Å². The number of benzene rings is 1. The zero-order chi connectivity index (χ0) is 12.5. The van der Waals surface area contributed by atoms with E-state index in [1.54, 1.807) is 0 Å². The Hall–Kier alpha value is -0.720. The Kier molecular flexibility index (Phi) is 3.88. The Morgan fingerprint density at radius 2 is 1.75 bits per heavy atom. The first-order valence-electron chi connectivity index (χ1n) is 3.87. The number of hydrogen-bond donors (Lipinski definition) is 0. The van der Waals surface area contributed by atoms with E-state index in [9.17, 15) is 12.8 Å². The summed E-state index contributed by atoms with van der Waals surface area (Å²) >= 11 is 5.63. The molecule has 0 amide bonds. The van der Waals surface area contributed by atoms with E-state index in [4.69, 9.17) is 22.3 Å². The zero-order valence-corrected chi connectivity index (χ0v) is 10.6. The van der Waals surface area contributed by atoms with Crippen LogP contribution in [-0.4, -0.2) is 22.6 Å². The van der Waals surface area contributed by atoms with Crippen molar-refractivity contribution in [3.8, 4) is 11.5 Å². The van der Waals surface area contributed by atoms with Crippen molar-refractivity contribution in [2.24, 2.45) is 0 Å². The van der Waals surface area contributed by atoms with Crippen LogP contribution in [0.15, 0.2) is 11.0 Å². The van der Waals surface area contributed by atoms with Gasteiger partial charge in [-0.2, -0.15) is 4.39 Å². The summed E-state index contributed by atoms with van der Waals surface area (Å²) in [6.07, 6.45) is 0. The van der Waals surface area contributed by atoms with Crippen molar-refractivity contribution in [2.45, 2.75) is 4.90 Å². The van der Waals surface area contributed by atoms with E-state index in [-0.39, 0.29) is 10.8 Å². The lowest BCUT2D eigenvalue weighted by Gasteiger charge is -2.11. The van der Waals surface area contributed by atoms with Crippen LogP contribution in [0.1, 0.15) is 0 Å². The molecule has 0 atom stereocenters. The summed E-state index contributed by atoms with van der Waals surface area (Å²) in [7, 11) is 3.26. The maximum atomic E-state index is 13.7. The van der Waals surface area contributed by atoms with Crippen molar-refractivity contribution < 1.29 is 22.3 Å². The molecule has 1 aromatic rings. The topological polar surface area (TPSA) is 52.6 Å². The van der Waals surface area contributed by atoms with Crippen LogP contribution in [0, 0.1) is 5.82 Å². The third-order valence-corrected chi connectivity index (χ3v) is 3.38. The van der Waals surface area contributed by atoms with Gasteiger partial charge in [0.1, 0.15) is 4.90 Å². The van der Waals surface area contributed by atoms with Crippen molar-refractivity contribution in [1.29, 1.82) is 0 Å². The van der Waals surface area contributed by atoms with Gasteiger partial charge < -0.3 is 9.47 Å². The van der Waals surface area contributed by atoms with Crippen molar-refractivity contribution in [1.82, 2.24) is 0 Å². The van der Waals surface area contributed by atoms with Crippen LogP contribution >= 0.6 is 22.3 Å². The van der Waals surface area contributed by atoms with Gasteiger partial charge in [-0.3, -0.25) is 0 Å². The van der Waals surface area contributed by atoms with E-state index in [1.807, 2.05) is 0 Å². The van der Waals surface area contributed by atoms with Crippen LogP contribution in [0.4, 0.5) is 4.39 Å². The molecule has 4 nitrogen and oxygen atoms in total. The van der Waals surface area contributed by atoms with Gasteiger partial charge in [-0.05, 0) is 6.07 Å². The van der Waals surface area contributed by atoms with Gasteiger partial charge in [-0.25, -0.2) is 8.42 Å². The average Bonchev–Trinajstić information content (AvgIpc) is 2.16. The van der Waals surface area contributed by atoms with Crippen LogP contribution in [0.25, 0.3) is 0 Å². The van der Waals surface area contributed by atoms with Crippen molar-refractivity contribution in [2.75, 3.05) is 14.2 Å². The van der Waals surface area contributed by atoms with Gasteiger partial charge >= 0.3 is 0 Å². The molecular weight excluding hydrogens is 282 g/mol. The molecule has 1 aromatic carbocycles. The van der Waals surface area contributed by atoms with Gasteiger partial charge in [0.05, 0.1) is 19.2 Å². The molecule has 0 N–H and O–H groups in total. The summed E-state index contributed by atoms with van der Waals surface area (Å²) in [6, 6.07) is 0.963.